The maximum atomic E-state index is 14.1. The molecule has 1 aromatic heterocycles. The minimum absolute atomic E-state index is 0.186. The summed E-state index contributed by atoms with van der Waals surface area (Å²) in [7, 11) is 0. The SMILES string of the molecule is O=C(NOC[C@H](O)CO)c1cc(Br)ncc1Cc1ccc(I)cc1F. The molecule has 6 nitrogen and oxygen atoms in total. The molecule has 0 unspecified atom stereocenters. The fraction of sp³-hybridized carbons (Fsp3) is 0.250. The van der Waals surface area contributed by atoms with E-state index in [1.165, 1.54) is 18.3 Å². The Morgan fingerprint density at radius 2 is 2.16 bits per heavy atom. The van der Waals surface area contributed by atoms with E-state index in [2.05, 4.69) is 26.4 Å². The Morgan fingerprint density at radius 1 is 1.40 bits per heavy atom. The lowest BCUT2D eigenvalue weighted by atomic mass is 10.0. The number of pyridine rings is 1. The van der Waals surface area contributed by atoms with Crippen molar-refractivity contribution in [3.8, 4) is 0 Å². The Labute approximate surface area is 165 Å². The number of nitrogens with one attached hydrogen (secondary N) is 1. The first-order valence-corrected chi connectivity index (χ1v) is 9.07. The van der Waals surface area contributed by atoms with Crippen LogP contribution in [0.15, 0.2) is 35.1 Å². The van der Waals surface area contributed by atoms with Gasteiger partial charge in [-0.1, -0.05) is 6.07 Å². The van der Waals surface area contributed by atoms with E-state index in [4.69, 9.17) is 9.94 Å². The van der Waals surface area contributed by atoms with Gasteiger partial charge in [0, 0.05) is 21.8 Å². The number of amides is 1. The van der Waals surface area contributed by atoms with E-state index in [1.807, 2.05) is 22.6 Å². The maximum absolute atomic E-state index is 14.1. The van der Waals surface area contributed by atoms with Gasteiger partial charge in [-0.05, 0) is 67.8 Å². The van der Waals surface area contributed by atoms with Crippen LogP contribution >= 0.6 is 38.5 Å². The molecule has 0 fully saturated rings. The molecule has 134 valence electrons. The van der Waals surface area contributed by atoms with E-state index in [9.17, 15) is 14.3 Å². The fourth-order valence-electron chi connectivity index (χ4n) is 1.99. The van der Waals surface area contributed by atoms with Crippen LogP contribution in [0.5, 0.6) is 0 Å². The molecule has 1 amide bonds. The Morgan fingerprint density at radius 3 is 2.84 bits per heavy atom. The number of hydroxylamine groups is 1. The zero-order valence-corrected chi connectivity index (χ0v) is 16.6. The Balaban J connectivity index is 2.17. The van der Waals surface area contributed by atoms with E-state index < -0.39 is 18.6 Å². The number of aliphatic hydroxyl groups excluding tert-OH is 2. The van der Waals surface area contributed by atoms with Crippen molar-refractivity contribution in [3.05, 3.63) is 61.1 Å². The van der Waals surface area contributed by atoms with Gasteiger partial charge in [0.05, 0.1) is 6.61 Å². The van der Waals surface area contributed by atoms with Crippen LogP contribution in [0.4, 0.5) is 4.39 Å². The molecule has 2 aromatic rings. The lowest BCUT2D eigenvalue weighted by Crippen LogP contribution is -2.30. The van der Waals surface area contributed by atoms with Crippen LogP contribution < -0.4 is 5.48 Å². The highest BCUT2D eigenvalue weighted by atomic mass is 127. The van der Waals surface area contributed by atoms with Gasteiger partial charge in [-0.3, -0.25) is 9.63 Å². The predicted molar refractivity (Wildman–Crippen MR) is 100 cm³/mol. The molecule has 0 bridgehead atoms. The third-order valence-corrected chi connectivity index (χ3v) is 4.35. The molecule has 0 aliphatic heterocycles. The van der Waals surface area contributed by atoms with Crippen molar-refractivity contribution in [1.29, 1.82) is 0 Å². The number of hydrogen-bond acceptors (Lipinski definition) is 5. The van der Waals surface area contributed by atoms with Gasteiger partial charge in [-0.25, -0.2) is 14.9 Å². The van der Waals surface area contributed by atoms with E-state index in [0.717, 1.165) is 3.57 Å². The highest BCUT2D eigenvalue weighted by molar-refractivity contribution is 14.1. The van der Waals surface area contributed by atoms with Crippen molar-refractivity contribution >= 4 is 44.4 Å². The van der Waals surface area contributed by atoms with Gasteiger partial charge in [0.2, 0.25) is 0 Å². The van der Waals surface area contributed by atoms with E-state index in [1.54, 1.807) is 12.1 Å². The lowest BCUT2D eigenvalue weighted by molar-refractivity contribution is -0.0295. The van der Waals surface area contributed by atoms with Gasteiger partial charge in [0.25, 0.3) is 5.91 Å². The van der Waals surface area contributed by atoms with Crippen LogP contribution in [0.2, 0.25) is 0 Å². The zero-order valence-electron chi connectivity index (χ0n) is 12.9. The Bertz CT molecular complexity index is 763. The second-order valence-electron chi connectivity index (χ2n) is 5.16. The first-order valence-electron chi connectivity index (χ1n) is 7.20. The third-order valence-electron chi connectivity index (χ3n) is 3.25. The standard InChI is InChI=1S/C16H15BrFIN2O4/c17-15-5-13(16(24)21-25-8-12(23)7-22)10(6-20-15)3-9-1-2-11(19)4-14(9)18/h1-2,4-6,12,22-23H,3,7-8H2,(H,21,24)/t12-/m1/s1. The summed E-state index contributed by atoms with van der Waals surface area (Å²) < 4.78 is 15.3. The molecule has 25 heavy (non-hydrogen) atoms. The van der Waals surface area contributed by atoms with Crippen molar-refractivity contribution in [2.45, 2.75) is 12.5 Å². The number of halogens is 3. The van der Waals surface area contributed by atoms with Gasteiger partial charge in [-0.15, -0.1) is 0 Å². The van der Waals surface area contributed by atoms with Crippen molar-refractivity contribution < 1.29 is 24.2 Å². The monoisotopic (exact) mass is 524 g/mol. The molecule has 1 aromatic carbocycles. The molecule has 0 aliphatic rings. The van der Waals surface area contributed by atoms with Crippen molar-refractivity contribution in [3.63, 3.8) is 0 Å². The van der Waals surface area contributed by atoms with Gasteiger partial charge < -0.3 is 10.2 Å². The second kappa shape index (κ2) is 9.53. The maximum Gasteiger partial charge on any atom is 0.275 e. The zero-order chi connectivity index (χ0) is 18.4. The number of rotatable bonds is 7. The van der Waals surface area contributed by atoms with Crippen LogP contribution in [0, 0.1) is 9.39 Å². The average Bonchev–Trinajstić information content (AvgIpc) is 2.58. The van der Waals surface area contributed by atoms with E-state index in [0.29, 0.717) is 15.7 Å². The van der Waals surface area contributed by atoms with Crippen LogP contribution in [-0.2, 0) is 11.3 Å². The fourth-order valence-corrected chi connectivity index (χ4v) is 2.78. The molecule has 0 spiro atoms. The summed E-state index contributed by atoms with van der Waals surface area (Å²) in [5, 5.41) is 17.9. The molecule has 9 heteroatoms. The molecule has 0 radical (unpaired) electrons. The topological polar surface area (TPSA) is 91.7 Å². The number of aliphatic hydroxyl groups is 2. The summed E-state index contributed by atoms with van der Waals surface area (Å²) >= 11 is 5.22. The molecule has 2 rings (SSSR count). The highest BCUT2D eigenvalue weighted by Gasteiger charge is 2.16. The smallest absolute Gasteiger partial charge is 0.275 e. The Kier molecular flexibility index (Phi) is 7.69. The Hall–Kier alpha value is -1.14. The number of nitrogens with zero attached hydrogens (tertiary/aromatic N) is 1. The summed E-state index contributed by atoms with van der Waals surface area (Å²) in [6.45, 7) is -0.733. The number of benzene rings is 1. The first kappa shape index (κ1) is 20.2. The van der Waals surface area contributed by atoms with Crippen LogP contribution in [0.3, 0.4) is 0 Å². The second-order valence-corrected chi connectivity index (χ2v) is 7.21. The van der Waals surface area contributed by atoms with Crippen LogP contribution in [0.1, 0.15) is 21.5 Å². The summed E-state index contributed by atoms with van der Waals surface area (Å²) in [5.74, 6) is -0.919. The molecular weight excluding hydrogens is 510 g/mol. The molecule has 1 atom stereocenters. The van der Waals surface area contributed by atoms with Gasteiger partial charge >= 0.3 is 0 Å². The van der Waals surface area contributed by atoms with Crippen LogP contribution in [0.25, 0.3) is 0 Å². The van der Waals surface area contributed by atoms with Gasteiger partial charge in [-0.2, -0.15) is 0 Å². The number of hydrogen-bond donors (Lipinski definition) is 3. The molecule has 0 aliphatic carbocycles. The third kappa shape index (κ3) is 5.96. The summed E-state index contributed by atoms with van der Waals surface area (Å²) in [6, 6.07) is 6.36. The molecule has 1 heterocycles. The first-order chi connectivity index (χ1) is 11.9. The molecule has 0 saturated heterocycles. The van der Waals surface area contributed by atoms with E-state index in [-0.39, 0.29) is 24.4 Å². The quantitative estimate of drug-likeness (QED) is 0.293. The van der Waals surface area contributed by atoms with Crippen LogP contribution in [-0.4, -0.2) is 40.4 Å². The average molecular weight is 525 g/mol. The number of carbonyl (C=O) groups is 1. The molecule has 0 saturated carbocycles. The largest absolute Gasteiger partial charge is 0.394 e. The van der Waals surface area contributed by atoms with Crippen molar-refractivity contribution in [2.75, 3.05) is 13.2 Å². The van der Waals surface area contributed by atoms with Crippen molar-refractivity contribution in [2.24, 2.45) is 0 Å². The predicted octanol–water partition coefficient (Wildman–Crippen LogP) is 2.19. The van der Waals surface area contributed by atoms with Gasteiger partial charge in [0.15, 0.2) is 0 Å². The molecular formula is C16H15BrFIN2O4. The minimum Gasteiger partial charge on any atom is -0.394 e. The van der Waals surface area contributed by atoms with Crippen molar-refractivity contribution in [1.82, 2.24) is 10.5 Å². The van der Waals surface area contributed by atoms with E-state index >= 15 is 0 Å². The highest BCUT2D eigenvalue weighted by Crippen LogP contribution is 2.20. The summed E-state index contributed by atoms with van der Waals surface area (Å²) in [5.41, 5.74) is 3.41. The number of aromatic nitrogens is 1. The minimum atomic E-state index is -1.09. The van der Waals surface area contributed by atoms with Gasteiger partial charge in [0.1, 0.15) is 23.1 Å². The lowest BCUT2D eigenvalue weighted by Gasteiger charge is -2.12. The summed E-state index contributed by atoms with van der Waals surface area (Å²) in [4.78, 5) is 21.2. The normalized spacial score (nSPS) is 12.0. The molecule has 3 N–H and O–H groups in total. The summed E-state index contributed by atoms with van der Waals surface area (Å²) in [6.07, 6.45) is 0.578. The number of carbonyl (C=O) groups excluding carboxylic acids is 1.